The summed E-state index contributed by atoms with van der Waals surface area (Å²) in [6.07, 6.45) is -2.06. The number of anilines is 1. The Kier molecular flexibility index (Phi) is 2.63. The molecule has 1 aromatic rings. The average molecular weight is 236 g/mol. The Morgan fingerprint density at radius 3 is 2.59 bits per heavy atom. The fourth-order valence-electron chi connectivity index (χ4n) is 1.96. The van der Waals surface area contributed by atoms with Crippen LogP contribution < -0.4 is 4.90 Å². The fourth-order valence-corrected chi connectivity index (χ4v) is 1.96. The van der Waals surface area contributed by atoms with Gasteiger partial charge in [-0.1, -0.05) is 12.1 Å². The molecule has 0 radical (unpaired) electrons. The molecule has 0 aliphatic carbocycles. The summed E-state index contributed by atoms with van der Waals surface area (Å²) in [5.41, 5.74) is 2.16. The lowest BCUT2D eigenvalue weighted by molar-refractivity contribution is 0.145. The van der Waals surface area contributed by atoms with Gasteiger partial charge in [-0.05, 0) is 11.6 Å². The Labute approximate surface area is 97.7 Å². The van der Waals surface area contributed by atoms with E-state index < -0.39 is 12.2 Å². The number of carboxylic acid groups (broad SMARTS) is 2. The standard InChI is InChI=1S/C11H12N2O4/c1-12(10(14)15)9-4-2-3-7-5-13(11(16)17)6-8(7)9/h2-4H,5-6H2,1H3,(H,14,15)(H,16,17). The first-order chi connectivity index (χ1) is 8.00. The largest absolute Gasteiger partial charge is 0.465 e. The fraction of sp³-hybridized carbons (Fsp3) is 0.273. The zero-order valence-corrected chi connectivity index (χ0v) is 9.25. The number of benzene rings is 1. The molecule has 6 nitrogen and oxygen atoms in total. The third kappa shape index (κ3) is 1.89. The summed E-state index contributed by atoms with van der Waals surface area (Å²) in [6, 6.07) is 5.23. The van der Waals surface area contributed by atoms with Crippen LogP contribution in [0.3, 0.4) is 0 Å². The molecule has 90 valence electrons. The predicted octanol–water partition coefficient (Wildman–Crippen LogP) is 1.79. The van der Waals surface area contributed by atoms with Crippen LogP contribution in [0.2, 0.25) is 0 Å². The molecule has 0 atom stereocenters. The van der Waals surface area contributed by atoms with Crippen LogP contribution in [-0.4, -0.2) is 34.3 Å². The van der Waals surface area contributed by atoms with Crippen LogP contribution in [0, 0.1) is 0 Å². The van der Waals surface area contributed by atoms with Gasteiger partial charge in [-0.2, -0.15) is 0 Å². The maximum Gasteiger partial charge on any atom is 0.411 e. The highest BCUT2D eigenvalue weighted by atomic mass is 16.4. The summed E-state index contributed by atoms with van der Waals surface area (Å²) in [6.45, 7) is 0.546. The molecule has 1 aliphatic heterocycles. The minimum atomic E-state index is -1.06. The number of fused-ring (bicyclic) bond motifs is 1. The minimum absolute atomic E-state index is 0.235. The Bertz CT molecular complexity index is 486. The van der Waals surface area contributed by atoms with Crippen molar-refractivity contribution in [2.45, 2.75) is 13.1 Å². The smallest absolute Gasteiger partial charge is 0.411 e. The third-order valence-electron chi connectivity index (χ3n) is 2.88. The zero-order valence-electron chi connectivity index (χ0n) is 9.25. The molecule has 0 spiro atoms. The normalized spacial score (nSPS) is 13.4. The third-order valence-corrected chi connectivity index (χ3v) is 2.88. The van der Waals surface area contributed by atoms with E-state index in [1.54, 1.807) is 12.1 Å². The Morgan fingerprint density at radius 1 is 1.29 bits per heavy atom. The molecule has 1 heterocycles. The van der Waals surface area contributed by atoms with E-state index in [-0.39, 0.29) is 6.54 Å². The molecule has 0 unspecified atom stereocenters. The minimum Gasteiger partial charge on any atom is -0.465 e. The SMILES string of the molecule is CN(C(=O)O)c1cccc2c1CN(C(=O)O)C2. The molecule has 2 amide bonds. The Hall–Kier alpha value is -2.24. The lowest BCUT2D eigenvalue weighted by Crippen LogP contribution is -2.26. The van der Waals surface area contributed by atoms with Crippen LogP contribution in [-0.2, 0) is 13.1 Å². The van der Waals surface area contributed by atoms with Gasteiger partial charge in [0.2, 0.25) is 0 Å². The van der Waals surface area contributed by atoms with Crippen molar-refractivity contribution in [1.29, 1.82) is 0 Å². The van der Waals surface area contributed by atoms with Crippen LogP contribution in [0.1, 0.15) is 11.1 Å². The Balaban J connectivity index is 2.38. The van der Waals surface area contributed by atoms with Crippen LogP contribution in [0.25, 0.3) is 0 Å². The molecule has 17 heavy (non-hydrogen) atoms. The maximum absolute atomic E-state index is 10.9. The molecule has 0 bridgehead atoms. The number of nitrogens with zero attached hydrogens (tertiary/aromatic N) is 2. The van der Waals surface area contributed by atoms with E-state index in [9.17, 15) is 9.59 Å². The maximum atomic E-state index is 10.9. The first kappa shape index (κ1) is 11.3. The molecule has 2 rings (SSSR count). The lowest BCUT2D eigenvalue weighted by Gasteiger charge is -2.16. The van der Waals surface area contributed by atoms with Crippen LogP contribution in [0.4, 0.5) is 15.3 Å². The monoisotopic (exact) mass is 236 g/mol. The van der Waals surface area contributed by atoms with Gasteiger partial charge < -0.3 is 10.2 Å². The van der Waals surface area contributed by atoms with Gasteiger partial charge in [0, 0.05) is 19.2 Å². The highest BCUT2D eigenvalue weighted by Gasteiger charge is 2.26. The van der Waals surface area contributed by atoms with E-state index in [1.807, 2.05) is 6.07 Å². The summed E-state index contributed by atoms with van der Waals surface area (Å²) >= 11 is 0. The first-order valence-corrected chi connectivity index (χ1v) is 5.06. The quantitative estimate of drug-likeness (QED) is 0.778. The number of amides is 2. The number of hydrogen-bond donors (Lipinski definition) is 2. The van der Waals surface area contributed by atoms with Crippen LogP contribution in [0.5, 0.6) is 0 Å². The van der Waals surface area contributed by atoms with Gasteiger partial charge in [-0.25, -0.2) is 9.59 Å². The van der Waals surface area contributed by atoms with Crippen molar-refractivity contribution in [1.82, 2.24) is 4.90 Å². The number of hydrogen-bond acceptors (Lipinski definition) is 2. The lowest BCUT2D eigenvalue weighted by atomic mass is 10.1. The van der Waals surface area contributed by atoms with Crippen molar-refractivity contribution in [3.8, 4) is 0 Å². The van der Waals surface area contributed by atoms with Crippen LogP contribution in [0.15, 0.2) is 18.2 Å². The van der Waals surface area contributed by atoms with Gasteiger partial charge in [-0.15, -0.1) is 0 Å². The topological polar surface area (TPSA) is 81.1 Å². The van der Waals surface area contributed by atoms with Crippen molar-refractivity contribution in [2.75, 3.05) is 11.9 Å². The predicted molar refractivity (Wildman–Crippen MR) is 60.1 cm³/mol. The molecule has 0 saturated carbocycles. The molecule has 0 saturated heterocycles. The Morgan fingerprint density at radius 2 is 2.00 bits per heavy atom. The second-order valence-corrected chi connectivity index (χ2v) is 3.90. The van der Waals surface area contributed by atoms with Crippen molar-refractivity contribution in [2.24, 2.45) is 0 Å². The van der Waals surface area contributed by atoms with E-state index in [2.05, 4.69) is 0 Å². The molecule has 2 N–H and O–H groups in total. The van der Waals surface area contributed by atoms with Gasteiger partial charge in [0.05, 0.1) is 12.2 Å². The van der Waals surface area contributed by atoms with E-state index >= 15 is 0 Å². The van der Waals surface area contributed by atoms with Crippen molar-refractivity contribution in [3.05, 3.63) is 29.3 Å². The molecule has 0 aromatic heterocycles. The van der Waals surface area contributed by atoms with Crippen molar-refractivity contribution in [3.63, 3.8) is 0 Å². The van der Waals surface area contributed by atoms with Crippen molar-refractivity contribution >= 4 is 17.9 Å². The molecular weight excluding hydrogens is 224 g/mol. The summed E-state index contributed by atoms with van der Waals surface area (Å²) in [7, 11) is 1.45. The van der Waals surface area contributed by atoms with E-state index in [1.165, 1.54) is 11.9 Å². The second-order valence-electron chi connectivity index (χ2n) is 3.90. The molecule has 1 aliphatic rings. The molecule has 6 heteroatoms. The van der Waals surface area contributed by atoms with Gasteiger partial charge >= 0.3 is 12.2 Å². The molecular formula is C11H12N2O4. The van der Waals surface area contributed by atoms with Gasteiger partial charge in [-0.3, -0.25) is 9.80 Å². The summed E-state index contributed by atoms with van der Waals surface area (Å²) < 4.78 is 0. The van der Waals surface area contributed by atoms with Gasteiger partial charge in [0.1, 0.15) is 0 Å². The van der Waals surface area contributed by atoms with E-state index in [0.29, 0.717) is 12.2 Å². The number of carbonyl (C=O) groups is 2. The summed E-state index contributed by atoms with van der Waals surface area (Å²) in [5.74, 6) is 0. The highest BCUT2D eigenvalue weighted by molar-refractivity contribution is 5.87. The molecule has 0 fully saturated rings. The first-order valence-electron chi connectivity index (χ1n) is 5.06. The van der Waals surface area contributed by atoms with Crippen LogP contribution >= 0.6 is 0 Å². The number of rotatable bonds is 1. The van der Waals surface area contributed by atoms with E-state index in [0.717, 1.165) is 16.0 Å². The molecule has 1 aromatic carbocycles. The summed E-state index contributed by atoms with van der Waals surface area (Å²) in [5, 5.41) is 17.9. The summed E-state index contributed by atoms with van der Waals surface area (Å²) in [4.78, 5) is 24.1. The van der Waals surface area contributed by atoms with E-state index in [4.69, 9.17) is 10.2 Å². The van der Waals surface area contributed by atoms with Crippen molar-refractivity contribution < 1.29 is 19.8 Å². The second kappa shape index (κ2) is 3.97. The highest BCUT2D eigenvalue weighted by Crippen LogP contribution is 2.31. The van der Waals surface area contributed by atoms with Gasteiger partial charge in [0.15, 0.2) is 0 Å². The zero-order chi connectivity index (χ0) is 12.6. The van der Waals surface area contributed by atoms with Gasteiger partial charge in [0.25, 0.3) is 0 Å². The average Bonchev–Trinajstić information content (AvgIpc) is 2.71.